The van der Waals surface area contributed by atoms with E-state index in [0.717, 1.165) is 18.4 Å². The predicted octanol–water partition coefficient (Wildman–Crippen LogP) is 3.36. The molecule has 0 aliphatic heterocycles. The van der Waals surface area contributed by atoms with Crippen molar-refractivity contribution in [2.75, 3.05) is 14.1 Å². The molecule has 0 saturated carbocycles. The molecule has 0 amide bonds. The molecule has 3 nitrogen and oxygen atoms in total. The van der Waals surface area contributed by atoms with Crippen LogP contribution in [-0.4, -0.2) is 31.1 Å². The van der Waals surface area contributed by atoms with Crippen LogP contribution in [0.4, 0.5) is 0 Å². The van der Waals surface area contributed by atoms with E-state index in [1.54, 1.807) is 0 Å². The second kappa shape index (κ2) is 6.44. The summed E-state index contributed by atoms with van der Waals surface area (Å²) in [5.41, 5.74) is 0.711. The third-order valence-electron chi connectivity index (χ3n) is 4.14. The van der Waals surface area contributed by atoms with Crippen molar-refractivity contribution >= 4 is 5.97 Å². The Morgan fingerprint density at radius 2 is 1.95 bits per heavy atom. The molecule has 2 atom stereocenters. The zero-order valence-electron chi connectivity index (χ0n) is 13.4. The molecule has 0 saturated heterocycles. The van der Waals surface area contributed by atoms with E-state index < -0.39 is 5.54 Å². The van der Waals surface area contributed by atoms with Gasteiger partial charge in [-0.05, 0) is 46.3 Å². The number of benzene rings is 1. The molecule has 1 aliphatic rings. The fourth-order valence-corrected chi connectivity index (χ4v) is 3.20. The van der Waals surface area contributed by atoms with E-state index in [2.05, 4.69) is 29.2 Å². The summed E-state index contributed by atoms with van der Waals surface area (Å²) < 4.78 is 5.52. The highest BCUT2D eigenvalue weighted by Gasteiger charge is 2.46. The topological polar surface area (TPSA) is 29.5 Å². The fourth-order valence-electron chi connectivity index (χ4n) is 3.20. The van der Waals surface area contributed by atoms with Crippen LogP contribution in [0.25, 0.3) is 0 Å². The van der Waals surface area contributed by atoms with Gasteiger partial charge in [-0.15, -0.1) is 0 Å². The second-order valence-electron chi connectivity index (χ2n) is 6.10. The van der Waals surface area contributed by atoms with E-state index in [9.17, 15) is 4.79 Å². The summed E-state index contributed by atoms with van der Waals surface area (Å²) in [7, 11) is 4.05. The molecule has 0 N–H and O–H groups in total. The van der Waals surface area contributed by atoms with Gasteiger partial charge in [-0.3, -0.25) is 9.69 Å². The highest BCUT2D eigenvalue weighted by molar-refractivity contribution is 5.76. The van der Waals surface area contributed by atoms with E-state index in [-0.39, 0.29) is 18.0 Å². The molecule has 2 rings (SSSR count). The van der Waals surface area contributed by atoms with E-state index in [1.807, 2.05) is 46.1 Å². The first-order valence-corrected chi connectivity index (χ1v) is 7.59. The van der Waals surface area contributed by atoms with Crippen LogP contribution >= 0.6 is 0 Å². The average molecular weight is 287 g/mol. The molecular formula is C18H25NO2. The lowest BCUT2D eigenvalue weighted by molar-refractivity contribution is -0.157. The molecule has 114 valence electrons. The lowest BCUT2D eigenvalue weighted by Gasteiger charge is -2.45. The SMILES string of the molecule is CC(C)OC(=O)C1CCC=CC1(c1ccccc1)N(C)C. The van der Waals surface area contributed by atoms with Crippen LogP contribution in [0.15, 0.2) is 42.5 Å². The summed E-state index contributed by atoms with van der Waals surface area (Å²) in [6.07, 6.45) is 5.98. The Morgan fingerprint density at radius 1 is 1.29 bits per heavy atom. The number of esters is 1. The minimum Gasteiger partial charge on any atom is -0.463 e. The average Bonchev–Trinajstić information content (AvgIpc) is 2.47. The van der Waals surface area contributed by atoms with Crippen LogP contribution in [-0.2, 0) is 15.1 Å². The van der Waals surface area contributed by atoms with Crippen molar-refractivity contribution < 1.29 is 9.53 Å². The van der Waals surface area contributed by atoms with Crippen molar-refractivity contribution in [2.45, 2.75) is 38.3 Å². The molecule has 0 bridgehead atoms. The Kier molecular flexibility index (Phi) is 4.84. The molecule has 1 aromatic carbocycles. The van der Waals surface area contributed by atoms with Crippen LogP contribution < -0.4 is 0 Å². The van der Waals surface area contributed by atoms with Gasteiger partial charge in [0.1, 0.15) is 0 Å². The van der Waals surface area contributed by atoms with Crippen LogP contribution in [0.1, 0.15) is 32.3 Å². The molecule has 0 radical (unpaired) electrons. The molecule has 0 spiro atoms. The maximum Gasteiger partial charge on any atom is 0.311 e. The maximum absolute atomic E-state index is 12.6. The number of nitrogens with zero attached hydrogens (tertiary/aromatic N) is 1. The summed E-state index contributed by atoms with van der Waals surface area (Å²) >= 11 is 0. The molecule has 1 aromatic rings. The first-order chi connectivity index (χ1) is 9.98. The van der Waals surface area contributed by atoms with Gasteiger partial charge in [0.2, 0.25) is 0 Å². The van der Waals surface area contributed by atoms with E-state index in [1.165, 1.54) is 0 Å². The summed E-state index contributed by atoms with van der Waals surface area (Å²) in [5, 5.41) is 0. The Hall–Kier alpha value is -1.61. The van der Waals surface area contributed by atoms with Crippen molar-refractivity contribution in [3.05, 3.63) is 48.0 Å². The normalized spacial score (nSPS) is 25.3. The first-order valence-electron chi connectivity index (χ1n) is 7.59. The molecule has 0 fully saturated rings. The smallest absolute Gasteiger partial charge is 0.311 e. The minimum atomic E-state index is -0.425. The van der Waals surface area contributed by atoms with Crippen LogP contribution in [0, 0.1) is 5.92 Å². The molecule has 0 heterocycles. The van der Waals surface area contributed by atoms with Crippen molar-refractivity contribution in [3.63, 3.8) is 0 Å². The number of rotatable bonds is 4. The van der Waals surface area contributed by atoms with E-state index in [4.69, 9.17) is 4.74 Å². The van der Waals surface area contributed by atoms with Crippen LogP contribution in [0.3, 0.4) is 0 Å². The molecular weight excluding hydrogens is 262 g/mol. The van der Waals surface area contributed by atoms with Crippen molar-refractivity contribution in [2.24, 2.45) is 5.92 Å². The van der Waals surface area contributed by atoms with E-state index >= 15 is 0 Å². The van der Waals surface area contributed by atoms with Gasteiger partial charge in [0, 0.05) is 0 Å². The number of ether oxygens (including phenoxy) is 1. The first kappa shape index (κ1) is 15.8. The second-order valence-corrected chi connectivity index (χ2v) is 6.10. The zero-order valence-corrected chi connectivity index (χ0v) is 13.4. The van der Waals surface area contributed by atoms with Gasteiger partial charge in [0.15, 0.2) is 0 Å². The van der Waals surface area contributed by atoms with Gasteiger partial charge in [-0.2, -0.15) is 0 Å². The van der Waals surface area contributed by atoms with Crippen molar-refractivity contribution in [1.82, 2.24) is 4.90 Å². The van der Waals surface area contributed by atoms with Crippen LogP contribution in [0.2, 0.25) is 0 Å². The van der Waals surface area contributed by atoms with Gasteiger partial charge in [0.25, 0.3) is 0 Å². The molecule has 2 unspecified atom stereocenters. The highest BCUT2D eigenvalue weighted by Crippen LogP contribution is 2.42. The van der Waals surface area contributed by atoms with Crippen LogP contribution in [0.5, 0.6) is 0 Å². The predicted molar refractivity (Wildman–Crippen MR) is 84.9 cm³/mol. The monoisotopic (exact) mass is 287 g/mol. The largest absolute Gasteiger partial charge is 0.463 e. The van der Waals surface area contributed by atoms with E-state index in [0.29, 0.717) is 0 Å². The molecule has 1 aliphatic carbocycles. The lowest BCUT2D eigenvalue weighted by atomic mass is 9.71. The summed E-state index contributed by atoms with van der Waals surface area (Å²) in [5.74, 6) is -0.283. The standard InChI is InChI=1S/C18H25NO2/c1-14(2)21-17(20)16-12-8-9-13-18(16,19(3)4)15-10-6-5-7-11-15/h5-7,9-11,13-14,16H,8,12H2,1-4H3. The molecule has 3 heteroatoms. The number of likely N-dealkylation sites (N-methyl/N-ethyl adjacent to an activating group) is 1. The van der Waals surface area contributed by atoms with Gasteiger partial charge in [-0.25, -0.2) is 0 Å². The number of allylic oxidation sites excluding steroid dienone is 1. The highest BCUT2D eigenvalue weighted by atomic mass is 16.5. The Morgan fingerprint density at radius 3 is 2.52 bits per heavy atom. The quantitative estimate of drug-likeness (QED) is 0.628. The fraction of sp³-hybridized carbons (Fsp3) is 0.500. The lowest BCUT2D eigenvalue weighted by Crippen LogP contribution is -2.51. The number of carbonyl (C=O) groups is 1. The van der Waals surface area contributed by atoms with Crippen molar-refractivity contribution in [1.29, 1.82) is 0 Å². The third-order valence-corrected chi connectivity index (χ3v) is 4.14. The Balaban J connectivity index is 2.47. The summed E-state index contributed by atoms with van der Waals surface area (Å²) in [4.78, 5) is 14.7. The zero-order chi connectivity index (χ0) is 15.5. The number of hydrogen-bond acceptors (Lipinski definition) is 3. The van der Waals surface area contributed by atoms with Gasteiger partial charge < -0.3 is 4.74 Å². The summed E-state index contributed by atoms with van der Waals surface area (Å²) in [6.45, 7) is 3.80. The maximum atomic E-state index is 12.6. The van der Waals surface area contributed by atoms with Crippen molar-refractivity contribution in [3.8, 4) is 0 Å². The molecule has 21 heavy (non-hydrogen) atoms. The summed E-state index contributed by atoms with van der Waals surface area (Å²) in [6, 6.07) is 10.2. The minimum absolute atomic E-state index is 0.0842. The van der Waals surface area contributed by atoms with Gasteiger partial charge >= 0.3 is 5.97 Å². The Labute approximate surface area is 127 Å². The number of carbonyl (C=O) groups excluding carboxylic acids is 1. The third kappa shape index (κ3) is 3.03. The Bertz CT molecular complexity index is 507. The van der Waals surface area contributed by atoms with Gasteiger partial charge in [-0.1, -0.05) is 42.5 Å². The van der Waals surface area contributed by atoms with Gasteiger partial charge in [0.05, 0.1) is 17.6 Å². The number of hydrogen-bond donors (Lipinski definition) is 0. The molecule has 0 aromatic heterocycles.